The number of amides is 1. The highest BCUT2D eigenvalue weighted by molar-refractivity contribution is 5.80. The SMILES string of the molecule is CCOc1ccc2c(c1)CC(C(=O)N(C)Cc1ccccc1N1CCOCC1)CO2. The lowest BCUT2D eigenvalue weighted by molar-refractivity contribution is -0.136. The molecule has 0 radical (unpaired) electrons. The minimum absolute atomic E-state index is 0.110. The summed E-state index contributed by atoms with van der Waals surface area (Å²) in [6, 6.07) is 14.2. The Morgan fingerprint density at radius 1 is 1.20 bits per heavy atom. The van der Waals surface area contributed by atoms with Gasteiger partial charge in [-0.1, -0.05) is 18.2 Å². The topological polar surface area (TPSA) is 51.2 Å². The van der Waals surface area contributed by atoms with E-state index in [0.717, 1.165) is 48.9 Å². The predicted octanol–water partition coefficient (Wildman–Crippen LogP) is 3.13. The highest BCUT2D eigenvalue weighted by Crippen LogP contribution is 2.32. The van der Waals surface area contributed by atoms with Crippen LogP contribution in [0.4, 0.5) is 5.69 Å². The lowest BCUT2D eigenvalue weighted by atomic mass is 9.95. The quantitative estimate of drug-likeness (QED) is 0.732. The predicted molar refractivity (Wildman–Crippen MR) is 116 cm³/mol. The smallest absolute Gasteiger partial charge is 0.229 e. The van der Waals surface area contributed by atoms with Gasteiger partial charge < -0.3 is 24.0 Å². The van der Waals surface area contributed by atoms with Crippen LogP contribution >= 0.6 is 0 Å². The molecular formula is C24H30N2O4. The highest BCUT2D eigenvalue weighted by atomic mass is 16.5. The lowest BCUT2D eigenvalue weighted by Gasteiger charge is -2.32. The summed E-state index contributed by atoms with van der Waals surface area (Å²) in [5.74, 6) is 1.60. The van der Waals surface area contributed by atoms with E-state index in [0.29, 0.717) is 26.2 Å². The van der Waals surface area contributed by atoms with Gasteiger partial charge in [-0.2, -0.15) is 0 Å². The summed E-state index contributed by atoms with van der Waals surface area (Å²) in [7, 11) is 1.88. The van der Waals surface area contributed by atoms with Gasteiger partial charge >= 0.3 is 0 Å². The van der Waals surface area contributed by atoms with Crippen LogP contribution in [0, 0.1) is 5.92 Å². The van der Waals surface area contributed by atoms with Gasteiger partial charge in [-0.15, -0.1) is 0 Å². The average Bonchev–Trinajstić information content (AvgIpc) is 2.79. The Morgan fingerprint density at radius 3 is 2.80 bits per heavy atom. The second-order valence-electron chi connectivity index (χ2n) is 7.84. The van der Waals surface area contributed by atoms with E-state index in [-0.39, 0.29) is 11.8 Å². The largest absolute Gasteiger partial charge is 0.494 e. The van der Waals surface area contributed by atoms with E-state index in [1.807, 2.05) is 43.1 Å². The zero-order valence-corrected chi connectivity index (χ0v) is 17.8. The molecule has 2 aromatic carbocycles. The first-order chi connectivity index (χ1) is 14.7. The van der Waals surface area contributed by atoms with Gasteiger partial charge in [0, 0.05) is 32.4 Å². The van der Waals surface area contributed by atoms with Crippen molar-refractivity contribution in [3.8, 4) is 11.5 Å². The fourth-order valence-electron chi connectivity index (χ4n) is 4.19. The number of para-hydroxylation sites is 1. The molecule has 6 nitrogen and oxygen atoms in total. The van der Waals surface area contributed by atoms with E-state index < -0.39 is 0 Å². The summed E-state index contributed by atoms with van der Waals surface area (Å²) in [6.45, 7) is 6.81. The molecule has 0 bridgehead atoms. The van der Waals surface area contributed by atoms with Crippen LogP contribution in [0.1, 0.15) is 18.1 Å². The average molecular weight is 411 g/mol. The van der Waals surface area contributed by atoms with Gasteiger partial charge in [-0.3, -0.25) is 4.79 Å². The van der Waals surface area contributed by atoms with Crippen molar-refractivity contribution in [2.24, 2.45) is 5.92 Å². The number of benzene rings is 2. The molecule has 0 spiro atoms. The number of carbonyl (C=O) groups is 1. The molecule has 1 atom stereocenters. The first-order valence-corrected chi connectivity index (χ1v) is 10.7. The first-order valence-electron chi connectivity index (χ1n) is 10.7. The molecule has 1 saturated heterocycles. The molecule has 2 aromatic rings. The fraction of sp³-hybridized carbons (Fsp3) is 0.458. The van der Waals surface area contributed by atoms with Gasteiger partial charge in [0.1, 0.15) is 18.1 Å². The molecule has 1 unspecified atom stereocenters. The molecule has 30 heavy (non-hydrogen) atoms. The highest BCUT2D eigenvalue weighted by Gasteiger charge is 2.29. The van der Waals surface area contributed by atoms with Crippen molar-refractivity contribution >= 4 is 11.6 Å². The number of ether oxygens (including phenoxy) is 3. The van der Waals surface area contributed by atoms with E-state index in [4.69, 9.17) is 14.2 Å². The zero-order chi connectivity index (χ0) is 20.9. The molecule has 2 heterocycles. The van der Waals surface area contributed by atoms with Crippen LogP contribution in [-0.4, -0.2) is 57.4 Å². The number of fused-ring (bicyclic) bond motifs is 1. The lowest BCUT2D eigenvalue weighted by Crippen LogP contribution is -2.39. The Morgan fingerprint density at radius 2 is 2.00 bits per heavy atom. The van der Waals surface area contributed by atoms with Crippen molar-refractivity contribution < 1.29 is 19.0 Å². The standard InChI is InChI=1S/C24H30N2O4/c1-3-29-21-8-9-23-19(15-21)14-20(17-30-23)24(27)25(2)16-18-6-4-5-7-22(18)26-10-12-28-13-11-26/h4-9,15,20H,3,10-14,16-17H2,1-2H3. The maximum atomic E-state index is 13.2. The van der Waals surface area contributed by atoms with Crippen molar-refractivity contribution in [3.63, 3.8) is 0 Å². The van der Waals surface area contributed by atoms with Gasteiger partial charge in [0.05, 0.1) is 25.7 Å². The van der Waals surface area contributed by atoms with E-state index in [2.05, 4.69) is 23.1 Å². The van der Waals surface area contributed by atoms with Crippen LogP contribution in [0.5, 0.6) is 11.5 Å². The number of morpholine rings is 1. The molecule has 0 N–H and O–H groups in total. The summed E-state index contributed by atoms with van der Waals surface area (Å²) < 4.78 is 17.0. The van der Waals surface area contributed by atoms with Crippen LogP contribution in [0.15, 0.2) is 42.5 Å². The van der Waals surface area contributed by atoms with E-state index in [9.17, 15) is 4.79 Å². The van der Waals surface area contributed by atoms with E-state index in [1.165, 1.54) is 5.69 Å². The number of hydrogen-bond acceptors (Lipinski definition) is 5. The van der Waals surface area contributed by atoms with E-state index in [1.54, 1.807) is 0 Å². The molecule has 6 heteroatoms. The van der Waals surface area contributed by atoms with Gasteiger partial charge in [-0.25, -0.2) is 0 Å². The van der Waals surface area contributed by atoms with Crippen molar-refractivity contribution in [3.05, 3.63) is 53.6 Å². The van der Waals surface area contributed by atoms with E-state index >= 15 is 0 Å². The third-order valence-corrected chi connectivity index (χ3v) is 5.73. The van der Waals surface area contributed by atoms with Gasteiger partial charge in [0.25, 0.3) is 0 Å². The summed E-state index contributed by atoms with van der Waals surface area (Å²) in [5.41, 5.74) is 3.38. The Balaban J connectivity index is 1.44. The molecule has 2 aliphatic heterocycles. The van der Waals surface area contributed by atoms with Crippen molar-refractivity contribution in [2.75, 3.05) is 51.5 Å². The molecule has 160 valence electrons. The normalized spacial score (nSPS) is 18.3. The van der Waals surface area contributed by atoms with Crippen molar-refractivity contribution in [2.45, 2.75) is 19.9 Å². The van der Waals surface area contributed by atoms with Gasteiger partial charge in [-0.05, 0) is 48.7 Å². The molecule has 4 rings (SSSR count). The molecule has 0 aromatic heterocycles. The Labute approximate surface area is 178 Å². The van der Waals surface area contributed by atoms with Crippen LogP contribution in [-0.2, 0) is 22.5 Å². The second-order valence-corrected chi connectivity index (χ2v) is 7.84. The first kappa shape index (κ1) is 20.5. The number of nitrogens with zero attached hydrogens (tertiary/aromatic N) is 2. The van der Waals surface area contributed by atoms with Crippen molar-refractivity contribution in [1.82, 2.24) is 4.90 Å². The minimum Gasteiger partial charge on any atom is -0.494 e. The number of rotatable bonds is 6. The van der Waals surface area contributed by atoms with Gasteiger partial charge in [0.2, 0.25) is 5.91 Å². The molecule has 0 aliphatic carbocycles. The third kappa shape index (κ3) is 4.54. The van der Waals surface area contributed by atoms with Gasteiger partial charge in [0.15, 0.2) is 0 Å². The monoisotopic (exact) mass is 410 g/mol. The van der Waals surface area contributed by atoms with Crippen LogP contribution in [0.3, 0.4) is 0 Å². The number of hydrogen-bond donors (Lipinski definition) is 0. The fourth-order valence-corrected chi connectivity index (χ4v) is 4.19. The number of carbonyl (C=O) groups excluding carboxylic acids is 1. The maximum absolute atomic E-state index is 13.2. The third-order valence-electron chi connectivity index (χ3n) is 5.73. The summed E-state index contributed by atoms with van der Waals surface area (Å²) >= 11 is 0. The Hall–Kier alpha value is -2.73. The summed E-state index contributed by atoms with van der Waals surface area (Å²) in [6.07, 6.45) is 0.671. The molecular weight excluding hydrogens is 380 g/mol. The van der Waals surface area contributed by atoms with Crippen LogP contribution in [0.25, 0.3) is 0 Å². The van der Waals surface area contributed by atoms with Crippen molar-refractivity contribution in [1.29, 1.82) is 0 Å². The van der Waals surface area contributed by atoms with Crippen LogP contribution < -0.4 is 14.4 Å². The van der Waals surface area contributed by atoms with Crippen LogP contribution in [0.2, 0.25) is 0 Å². The Bertz CT molecular complexity index is 879. The Kier molecular flexibility index (Phi) is 6.43. The molecule has 0 saturated carbocycles. The number of anilines is 1. The minimum atomic E-state index is -0.185. The second kappa shape index (κ2) is 9.39. The zero-order valence-electron chi connectivity index (χ0n) is 17.8. The maximum Gasteiger partial charge on any atom is 0.229 e. The molecule has 1 amide bonds. The molecule has 2 aliphatic rings. The summed E-state index contributed by atoms with van der Waals surface area (Å²) in [5, 5.41) is 0. The summed E-state index contributed by atoms with van der Waals surface area (Å²) in [4.78, 5) is 17.4. The molecule has 1 fully saturated rings.